The summed E-state index contributed by atoms with van der Waals surface area (Å²) in [5, 5.41) is 3.37. The predicted molar refractivity (Wildman–Crippen MR) is 129 cm³/mol. The van der Waals surface area contributed by atoms with Crippen LogP contribution in [0.3, 0.4) is 0 Å². The molecule has 5 rings (SSSR count). The number of halogens is 1. The van der Waals surface area contributed by atoms with E-state index in [1.54, 1.807) is 17.0 Å². The molecular formula is C27H33FN4O2. The van der Waals surface area contributed by atoms with E-state index < -0.39 is 6.04 Å². The van der Waals surface area contributed by atoms with Crippen LogP contribution in [0.4, 0.5) is 9.18 Å². The SMILES string of the molecule is C=C1CN2C(=O)N(CCC3CCNCC3)C(=O)C2CC2C=CC=C(C2)N1Cc1ccc(F)cc1. The number of fused-ring (bicyclic) bond motifs is 3. The average molecular weight is 465 g/mol. The van der Waals surface area contributed by atoms with Gasteiger partial charge < -0.3 is 15.1 Å². The van der Waals surface area contributed by atoms with Gasteiger partial charge in [-0.2, -0.15) is 0 Å². The van der Waals surface area contributed by atoms with Crippen LogP contribution in [0.2, 0.25) is 0 Å². The van der Waals surface area contributed by atoms with E-state index in [1.165, 1.54) is 17.0 Å². The van der Waals surface area contributed by atoms with Crippen LogP contribution in [-0.4, -0.2) is 58.9 Å². The molecule has 2 atom stereocenters. The minimum absolute atomic E-state index is 0.0665. The molecular weight excluding hydrogens is 431 g/mol. The molecule has 3 amide bonds. The third kappa shape index (κ3) is 4.67. The number of carbonyl (C=O) groups is 2. The number of nitrogens with zero attached hydrogens (tertiary/aromatic N) is 3. The van der Waals surface area contributed by atoms with Crippen molar-refractivity contribution < 1.29 is 14.0 Å². The van der Waals surface area contributed by atoms with Gasteiger partial charge in [0.25, 0.3) is 5.91 Å². The first-order valence-electron chi connectivity index (χ1n) is 12.4. The second kappa shape index (κ2) is 9.74. The number of hydrogen-bond acceptors (Lipinski definition) is 4. The van der Waals surface area contributed by atoms with Gasteiger partial charge >= 0.3 is 6.03 Å². The van der Waals surface area contributed by atoms with Crippen molar-refractivity contribution in [3.63, 3.8) is 0 Å². The van der Waals surface area contributed by atoms with Crippen molar-refractivity contribution >= 4 is 11.9 Å². The van der Waals surface area contributed by atoms with Gasteiger partial charge in [-0.1, -0.05) is 30.9 Å². The third-order valence-electron chi connectivity index (χ3n) is 7.63. The molecule has 1 aliphatic carbocycles. The fourth-order valence-electron chi connectivity index (χ4n) is 5.64. The van der Waals surface area contributed by atoms with Crippen molar-refractivity contribution in [2.45, 2.75) is 44.7 Å². The summed E-state index contributed by atoms with van der Waals surface area (Å²) in [6.07, 6.45) is 10.7. The summed E-state index contributed by atoms with van der Waals surface area (Å²) in [5.41, 5.74) is 2.86. The lowest BCUT2D eigenvalue weighted by Gasteiger charge is -2.32. The van der Waals surface area contributed by atoms with E-state index in [0.717, 1.165) is 55.7 Å². The van der Waals surface area contributed by atoms with Crippen LogP contribution in [0.5, 0.6) is 0 Å². The van der Waals surface area contributed by atoms with Gasteiger partial charge in [0, 0.05) is 24.5 Å². The molecule has 0 saturated carbocycles. The number of piperidine rings is 1. The number of rotatable bonds is 5. The topological polar surface area (TPSA) is 55.9 Å². The summed E-state index contributed by atoms with van der Waals surface area (Å²) in [7, 11) is 0. The predicted octanol–water partition coefficient (Wildman–Crippen LogP) is 4.03. The third-order valence-corrected chi connectivity index (χ3v) is 7.63. The smallest absolute Gasteiger partial charge is 0.327 e. The summed E-state index contributed by atoms with van der Waals surface area (Å²) in [6, 6.07) is 5.85. The summed E-state index contributed by atoms with van der Waals surface area (Å²) in [5.74, 6) is 0.405. The lowest BCUT2D eigenvalue weighted by Crippen LogP contribution is -2.39. The minimum atomic E-state index is -0.447. The Morgan fingerprint density at radius 1 is 1.09 bits per heavy atom. The summed E-state index contributed by atoms with van der Waals surface area (Å²) in [6.45, 7) is 7.69. The molecule has 0 aromatic heterocycles. The van der Waals surface area contributed by atoms with Gasteiger partial charge in [-0.05, 0) is 80.8 Å². The quantitative estimate of drug-likeness (QED) is 0.669. The second-order valence-corrected chi connectivity index (χ2v) is 9.92. The highest BCUT2D eigenvalue weighted by Crippen LogP contribution is 2.35. The van der Waals surface area contributed by atoms with Crippen LogP contribution in [0.1, 0.15) is 37.7 Å². The summed E-state index contributed by atoms with van der Waals surface area (Å²) < 4.78 is 13.4. The van der Waals surface area contributed by atoms with Gasteiger partial charge in [0.2, 0.25) is 0 Å². The van der Waals surface area contributed by atoms with Crippen LogP contribution in [0.15, 0.2) is 60.5 Å². The van der Waals surface area contributed by atoms with E-state index in [-0.39, 0.29) is 23.7 Å². The molecule has 3 aliphatic heterocycles. The van der Waals surface area contributed by atoms with E-state index in [2.05, 4.69) is 28.9 Å². The minimum Gasteiger partial charge on any atom is -0.343 e. The Labute approximate surface area is 200 Å². The van der Waals surface area contributed by atoms with Crippen molar-refractivity contribution in [2.75, 3.05) is 26.2 Å². The molecule has 7 heteroatoms. The van der Waals surface area contributed by atoms with Gasteiger partial charge in [0.1, 0.15) is 11.9 Å². The molecule has 1 aromatic carbocycles. The molecule has 1 aromatic rings. The van der Waals surface area contributed by atoms with E-state index in [4.69, 9.17) is 0 Å². The largest absolute Gasteiger partial charge is 0.343 e. The Morgan fingerprint density at radius 2 is 1.85 bits per heavy atom. The van der Waals surface area contributed by atoms with Gasteiger partial charge in [-0.15, -0.1) is 0 Å². The number of imide groups is 1. The first kappa shape index (κ1) is 22.8. The number of hydrogen-bond donors (Lipinski definition) is 1. The van der Waals surface area contributed by atoms with Gasteiger partial charge in [0.05, 0.1) is 6.54 Å². The van der Waals surface area contributed by atoms with Crippen LogP contribution in [-0.2, 0) is 11.3 Å². The molecule has 3 fully saturated rings. The Bertz CT molecular complexity index is 1010. The Balaban J connectivity index is 1.35. The molecule has 2 bridgehead atoms. The second-order valence-electron chi connectivity index (χ2n) is 9.92. The Morgan fingerprint density at radius 3 is 2.62 bits per heavy atom. The first-order chi connectivity index (χ1) is 16.5. The van der Waals surface area contributed by atoms with Crippen molar-refractivity contribution in [2.24, 2.45) is 11.8 Å². The zero-order valence-corrected chi connectivity index (χ0v) is 19.6. The average Bonchev–Trinajstić information content (AvgIpc) is 3.07. The van der Waals surface area contributed by atoms with Crippen molar-refractivity contribution in [1.82, 2.24) is 20.0 Å². The monoisotopic (exact) mass is 464 g/mol. The fourth-order valence-corrected chi connectivity index (χ4v) is 5.64. The standard InChI is InChI=1S/C27H33FN4O2/c1-19-17-32-25(26(33)30(27(32)34)14-11-20-9-12-29-13-10-20)16-22-3-2-4-24(15-22)31(19)18-21-5-7-23(28)8-6-21/h2-8,20,22,25,29H,1,9-18H2. The van der Waals surface area contributed by atoms with Crippen LogP contribution < -0.4 is 5.32 Å². The molecule has 3 heterocycles. The fraction of sp³-hybridized carbons (Fsp3) is 0.481. The van der Waals surface area contributed by atoms with E-state index in [9.17, 15) is 14.0 Å². The molecule has 2 unspecified atom stereocenters. The van der Waals surface area contributed by atoms with Gasteiger partial charge in [-0.3, -0.25) is 9.69 Å². The maximum Gasteiger partial charge on any atom is 0.327 e. The number of nitrogens with one attached hydrogen (secondary N) is 1. The maximum absolute atomic E-state index is 13.4. The van der Waals surface area contributed by atoms with Crippen molar-refractivity contribution in [3.05, 3.63) is 71.8 Å². The number of benzene rings is 1. The molecule has 34 heavy (non-hydrogen) atoms. The zero-order chi connectivity index (χ0) is 23.7. The Kier molecular flexibility index (Phi) is 6.55. The first-order valence-corrected chi connectivity index (χ1v) is 12.4. The molecule has 6 nitrogen and oxygen atoms in total. The van der Waals surface area contributed by atoms with Crippen LogP contribution in [0.25, 0.3) is 0 Å². The van der Waals surface area contributed by atoms with E-state index in [0.29, 0.717) is 32.0 Å². The molecule has 4 aliphatic rings. The number of urea groups is 1. The van der Waals surface area contributed by atoms with Crippen molar-refractivity contribution in [3.8, 4) is 0 Å². The molecule has 0 spiro atoms. The number of allylic oxidation sites excluding steroid dienone is 4. The van der Waals surface area contributed by atoms with Crippen LogP contribution in [0, 0.1) is 17.7 Å². The summed E-state index contributed by atoms with van der Waals surface area (Å²) >= 11 is 0. The zero-order valence-electron chi connectivity index (χ0n) is 19.6. The molecule has 180 valence electrons. The van der Waals surface area contributed by atoms with E-state index in [1.807, 2.05) is 6.08 Å². The summed E-state index contributed by atoms with van der Waals surface area (Å²) in [4.78, 5) is 32.2. The number of carbonyl (C=O) groups excluding carboxylic acids is 2. The highest BCUT2D eigenvalue weighted by Gasteiger charge is 2.46. The Hall–Kier alpha value is -2.93. The van der Waals surface area contributed by atoms with E-state index >= 15 is 0 Å². The van der Waals surface area contributed by atoms with Gasteiger partial charge in [0.15, 0.2) is 0 Å². The normalized spacial score (nSPS) is 25.7. The molecule has 3 saturated heterocycles. The lowest BCUT2D eigenvalue weighted by molar-refractivity contribution is -0.128. The van der Waals surface area contributed by atoms with Crippen LogP contribution >= 0.6 is 0 Å². The lowest BCUT2D eigenvalue weighted by atomic mass is 9.90. The number of amides is 3. The van der Waals surface area contributed by atoms with Gasteiger partial charge in [-0.25, -0.2) is 9.18 Å². The highest BCUT2D eigenvalue weighted by atomic mass is 19.1. The van der Waals surface area contributed by atoms with Crippen molar-refractivity contribution in [1.29, 1.82) is 0 Å². The maximum atomic E-state index is 13.4. The molecule has 1 N–H and O–H groups in total. The molecule has 0 radical (unpaired) electrons. The highest BCUT2D eigenvalue weighted by molar-refractivity contribution is 6.04.